The first-order chi connectivity index (χ1) is 15.1. The number of carbonyl (C=O) groups is 2. The van der Waals surface area contributed by atoms with Crippen molar-refractivity contribution in [3.8, 4) is 16.9 Å². The van der Waals surface area contributed by atoms with Gasteiger partial charge in [0.2, 0.25) is 6.10 Å². The standard InChI is InChI=1S/C23H20N2O5S/c1-2-29-23(28)20-16(14-8-4-3-5-9-14)13-31-22(20)24-21(27)19-12-17(25-30-19)15-10-6-7-11-18(15)26/h3-11,13,19,26H,2,12H2,1H3,(H,24,27)/t19-/m0/s1. The zero-order chi connectivity index (χ0) is 21.8. The van der Waals surface area contributed by atoms with Gasteiger partial charge in [0, 0.05) is 22.9 Å². The van der Waals surface area contributed by atoms with Crippen molar-refractivity contribution in [1.29, 1.82) is 0 Å². The Kier molecular flexibility index (Phi) is 5.99. The molecule has 1 aromatic heterocycles. The van der Waals surface area contributed by atoms with Crippen LogP contribution in [-0.2, 0) is 14.4 Å². The van der Waals surface area contributed by atoms with Gasteiger partial charge in [-0.1, -0.05) is 47.6 Å². The molecule has 1 amide bonds. The van der Waals surface area contributed by atoms with Crippen LogP contribution in [0.25, 0.3) is 11.1 Å². The minimum atomic E-state index is -0.869. The summed E-state index contributed by atoms with van der Waals surface area (Å²) >= 11 is 1.25. The summed E-state index contributed by atoms with van der Waals surface area (Å²) in [6.45, 7) is 1.95. The van der Waals surface area contributed by atoms with Gasteiger partial charge in [0.15, 0.2) is 0 Å². The lowest BCUT2D eigenvalue weighted by atomic mass is 10.0. The van der Waals surface area contributed by atoms with E-state index in [-0.39, 0.29) is 18.8 Å². The number of amides is 1. The maximum atomic E-state index is 12.8. The molecule has 2 aromatic carbocycles. The Hall–Kier alpha value is -3.65. The summed E-state index contributed by atoms with van der Waals surface area (Å²) < 4.78 is 5.22. The lowest BCUT2D eigenvalue weighted by molar-refractivity contribution is -0.125. The highest BCUT2D eigenvalue weighted by Crippen LogP contribution is 2.36. The molecule has 0 radical (unpaired) electrons. The number of phenolic OH excluding ortho intramolecular Hbond substituents is 1. The third kappa shape index (κ3) is 4.29. The highest BCUT2D eigenvalue weighted by atomic mass is 32.1. The lowest BCUT2D eigenvalue weighted by Crippen LogP contribution is -2.28. The average molecular weight is 436 g/mol. The fourth-order valence-corrected chi connectivity index (χ4v) is 4.23. The molecule has 0 fully saturated rings. The number of hydrogen-bond acceptors (Lipinski definition) is 7. The highest BCUT2D eigenvalue weighted by molar-refractivity contribution is 7.15. The number of nitrogens with one attached hydrogen (secondary N) is 1. The van der Waals surface area contributed by atoms with E-state index in [4.69, 9.17) is 9.57 Å². The number of thiophene rings is 1. The Balaban J connectivity index is 1.54. The SMILES string of the molecule is CCOC(=O)c1c(-c2ccccc2)csc1NC(=O)[C@@H]1CC(c2ccccc2O)=NO1. The molecule has 31 heavy (non-hydrogen) atoms. The normalized spacial score (nSPS) is 15.1. The van der Waals surface area contributed by atoms with Gasteiger partial charge >= 0.3 is 5.97 Å². The number of ether oxygens (including phenoxy) is 1. The van der Waals surface area contributed by atoms with Crippen LogP contribution in [0.4, 0.5) is 5.00 Å². The first kappa shape index (κ1) is 20.6. The van der Waals surface area contributed by atoms with Crippen LogP contribution in [0.5, 0.6) is 5.75 Å². The molecular weight excluding hydrogens is 416 g/mol. The lowest BCUT2D eigenvalue weighted by Gasteiger charge is -2.11. The molecule has 1 aliphatic rings. The van der Waals surface area contributed by atoms with Gasteiger partial charge in [-0.05, 0) is 24.6 Å². The van der Waals surface area contributed by atoms with Gasteiger partial charge in [0.05, 0.1) is 12.3 Å². The maximum Gasteiger partial charge on any atom is 0.341 e. The van der Waals surface area contributed by atoms with Gasteiger partial charge in [-0.3, -0.25) is 4.79 Å². The van der Waals surface area contributed by atoms with Gasteiger partial charge in [0.1, 0.15) is 16.3 Å². The van der Waals surface area contributed by atoms with E-state index in [1.165, 1.54) is 11.3 Å². The predicted molar refractivity (Wildman–Crippen MR) is 118 cm³/mol. The van der Waals surface area contributed by atoms with Crippen LogP contribution in [0.3, 0.4) is 0 Å². The second-order valence-electron chi connectivity index (χ2n) is 6.78. The van der Waals surface area contributed by atoms with Crippen molar-refractivity contribution >= 4 is 33.9 Å². The summed E-state index contributed by atoms with van der Waals surface area (Å²) in [5.74, 6) is -0.862. The number of benzene rings is 2. The van der Waals surface area contributed by atoms with Gasteiger partial charge < -0.3 is 20.0 Å². The number of rotatable bonds is 6. The van der Waals surface area contributed by atoms with Crippen LogP contribution >= 0.6 is 11.3 Å². The van der Waals surface area contributed by atoms with Gasteiger partial charge in [-0.15, -0.1) is 11.3 Å². The van der Waals surface area contributed by atoms with E-state index in [0.717, 1.165) is 5.56 Å². The van der Waals surface area contributed by atoms with E-state index in [1.807, 2.05) is 35.7 Å². The molecule has 8 heteroatoms. The number of aromatic hydroxyl groups is 1. The Morgan fingerprint density at radius 1 is 1.16 bits per heavy atom. The molecule has 0 bridgehead atoms. The fourth-order valence-electron chi connectivity index (χ4n) is 3.27. The van der Waals surface area contributed by atoms with Crippen LogP contribution in [0, 0.1) is 0 Å². The summed E-state index contributed by atoms with van der Waals surface area (Å²) in [6, 6.07) is 16.2. The second kappa shape index (κ2) is 9.01. The number of nitrogens with zero attached hydrogens (tertiary/aromatic N) is 1. The minimum Gasteiger partial charge on any atom is -0.507 e. The molecular formula is C23H20N2O5S. The van der Waals surface area contributed by atoms with E-state index in [9.17, 15) is 14.7 Å². The Bertz CT molecular complexity index is 1140. The van der Waals surface area contributed by atoms with Crippen molar-refractivity contribution in [2.24, 2.45) is 5.16 Å². The Morgan fingerprint density at radius 2 is 1.90 bits per heavy atom. The molecule has 1 atom stereocenters. The highest BCUT2D eigenvalue weighted by Gasteiger charge is 2.32. The smallest absolute Gasteiger partial charge is 0.341 e. The number of phenols is 1. The number of oxime groups is 1. The summed E-state index contributed by atoms with van der Waals surface area (Å²) in [5, 5.41) is 19.0. The minimum absolute atomic E-state index is 0.0706. The predicted octanol–water partition coefficient (Wildman–Crippen LogP) is 4.43. The van der Waals surface area contributed by atoms with Crippen molar-refractivity contribution in [3.05, 3.63) is 71.1 Å². The fraction of sp³-hybridized carbons (Fsp3) is 0.174. The van der Waals surface area contributed by atoms with Crippen molar-refractivity contribution in [1.82, 2.24) is 0 Å². The van der Waals surface area contributed by atoms with Crippen molar-refractivity contribution in [3.63, 3.8) is 0 Å². The third-order valence-electron chi connectivity index (χ3n) is 4.77. The monoisotopic (exact) mass is 436 g/mol. The number of anilines is 1. The molecule has 158 valence electrons. The summed E-state index contributed by atoms with van der Waals surface area (Å²) in [6.07, 6.45) is -0.665. The molecule has 0 aliphatic carbocycles. The molecule has 0 unspecified atom stereocenters. The van der Waals surface area contributed by atoms with E-state index in [0.29, 0.717) is 27.4 Å². The molecule has 4 rings (SSSR count). The quantitative estimate of drug-likeness (QED) is 0.557. The number of para-hydroxylation sites is 1. The average Bonchev–Trinajstić information content (AvgIpc) is 3.42. The van der Waals surface area contributed by atoms with Crippen LogP contribution in [0.2, 0.25) is 0 Å². The van der Waals surface area contributed by atoms with Gasteiger partial charge in [0.25, 0.3) is 5.91 Å². The summed E-state index contributed by atoms with van der Waals surface area (Å²) in [4.78, 5) is 30.8. The van der Waals surface area contributed by atoms with Gasteiger partial charge in [-0.25, -0.2) is 4.79 Å². The number of hydrogen-bond donors (Lipinski definition) is 2. The van der Waals surface area contributed by atoms with E-state index >= 15 is 0 Å². The van der Waals surface area contributed by atoms with Crippen LogP contribution in [0.15, 0.2) is 65.1 Å². The van der Waals surface area contributed by atoms with Crippen molar-refractivity contribution < 1.29 is 24.3 Å². The van der Waals surface area contributed by atoms with Crippen molar-refractivity contribution in [2.75, 3.05) is 11.9 Å². The summed E-state index contributed by atoms with van der Waals surface area (Å²) in [5.41, 5.74) is 2.86. The first-order valence-electron chi connectivity index (χ1n) is 9.74. The molecule has 2 N–H and O–H groups in total. The maximum absolute atomic E-state index is 12.8. The van der Waals surface area contributed by atoms with Crippen LogP contribution < -0.4 is 5.32 Å². The third-order valence-corrected chi connectivity index (χ3v) is 5.66. The van der Waals surface area contributed by atoms with Crippen molar-refractivity contribution in [2.45, 2.75) is 19.4 Å². The van der Waals surface area contributed by atoms with Crippen LogP contribution in [-0.4, -0.2) is 35.4 Å². The van der Waals surface area contributed by atoms with Gasteiger partial charge in [-0.2, -0.15) is 0 Å². The molecule has 0 saturated carbocycles. The van der Waals surface area contributed by atoms with E-state index in [2.05, 4.69) is 10.5 Å². The Morgan fingerprint density at radius 3 is 2.65 bits per heavy atom. The zero-order valence-corrected chi connectivity index (χ0v) is 17.5. The molecule has 0 spiro atoms. The first-order valence-corrected chi connectivity index (χ1v) is 10.6. The summed E-state index contributed by atoms with van der Waals surface area (Å²) in [7, 11) is 0. The van der Waals surface area contributed by atoms with E-state index in [1.54, 1.807) is 31.2 Å². The largest absolute Gasteiger partial charge is 0.507 e. The Labute approximate surface area is 182 Å². The topological polar surface area (TPSA) is 97.2 Å². The second-order valence-corrected chi connectivity index (χ2v) is 7.66. The molecule has 3 aromatic rings. The number of carbonyl (C=O) groups excluding carboxylic acids is 2. The molecule has 0 saturated heterocycles. The zero-order valence-electron chi connectivity index (χ0n) is 16.7. The van der Waals surface area contributed by atoms with Crippen LogP contribution in [0.1, 0.15) is 29.3 Å². The van der Waals surface area contributed by atoms with E-state index < -0.39 is 18.0 Å². The molecule has 2 heterocycles. The molecule has 7 nitrogen and oxygen atoms in total. The molecule has 1 aliphatic heterocycles. The number of esters is 1.